The fourth-order valence-electron chi connectivity index (χ4n) is 3.76. The highest BCUT2D eigenvalue weighted by atomic mass is 16.5. The van der Waals surface area contributed by atoms with Crippen LogP contribution in [0.25, 0.3) is 0 Å². The lowest BCUT2D eigenvalue weighted by atomic mass is 9.72. The molecule has 1 aliphatic rings. The van der Waals surface area contributed by atoms with Gasteiger partial charge in [-0.1, -0.05) is 60.7 Å². The van der Waals surface area contributed by atoms with E-state index in [1.165, 1.54) is 11.1 Å². The molecule has 0 unspecified atom stereocenters. The van der Waals surface area contributed by atoms with Crippen molar-refractivity contribution in [2.75, 3.05) is 26.2 Å². The first-order valence-electron chi connectivity index (χ1n) is 9.44. The van der Waals surface area contributed by atoms with E-state index in [0.717, 1.165) is 32.5 Å². The van der Waals surface area contributed by atoms with Gasteiger partial charge in [-0.25, -0.2) is 4.79 Å². The minimum absolute atomic E-state index is 0.0266. The summed E-state index contributed by atoms with van der Waals surface area (Å²) in [5, 5.41) is 2.98. The molecule has 0 saturated carbocycles. The van der Waals surface area contributed by atoms with E-state index in [-0.39, 0.29) is 11.5 Å². The summed E-state index contributed by atoms with van der Waals surface area (Å²) >= 11 is 0. The summed E-state index contributed by atoms with van der Waals surface area (Å²) in [6.07, 6.45) is 1.72. The third-order valence-corrected chi connectivity index (χ3v) is 5.29. The second-order valence-electron chi connectivity index (χ2n) is 6.98. The van der Waals surface area contributed by atoms with Crippen molar-refractivity contribution < 1.29 is 9.53 Å². The zero-order chi connectivity index (χ0) is 18.2. The molecule has 3 rings (SSSR count). The number of likely N-dealkylation sites (tertiary alicyclic amines) is 1. The van der Waals surface area contributed by atoms with E-state index in [1.807, 2.05) is 13.0 Å². The molecule has 0 atom stereocenters. The summed E-state index contributed by atoms with van der Waals surface area (Å²) in [7, 11) is 0. The fraction of sp³-hybridized carbons (Fsp3) is 0.409. The summed E-state index contributed by atoms with van der Waals surface area (Å²) in [5.74, 6) is 0. The van der Waals surface area contributed by atoms with Crippen molar-refractivity contribution in [3.05, 3.63) is 71.8 Å². The number of rotatable bonds is 6. The number of hydrogen-bond acceptors (Lipinski definition) is 3. The van der Waals surface area contributed by atoms with Gasteiger partial charge in [-0.2, -0.15) is 0 Å². The number of carbonyl (C=O) groups is 1. The average molecular weight is 352 g/mol. The molecule has 0 bridgehead atoms. The molecule has 2 aromatic rings. The molecule has 1 saturated heterocycles. The van der Waals surface area contributed by atoms with E-state index >= 15 is 0 Å². The third-order valence-electron chi connectivity index (χ3n) is 5.29. The van der Waals surface area contributed by atoms with Crippen molar-refractivity contribution in [2.24, 2.45) is 0 Å². The topological polar surface area (TPSA) is 41.6 Å². The Bertz CT molecular complexity index is 680. The number of nitrogens with one attached hydrogen (secondary N) is 1. The maximum Gasteiger partial charge on any atom is 0.407 e. The maximum absolute atomic E-state index is 11.8. The highest BCUT2D eigenvalue weighted by Gasteiger charge is 2.36. The number of hydrogen-bond donors (Lipinski definition) is 1. The molecular formula is C22H28N2O2. The van der Waals surface area contributed by atoms with Gasteiger partial charge in [0.2, 0.25) is 0 Å². The van der Waals surface area contributed by atoms with Gasteiger partial charge >= 0.3 is 6.09 Å². The number of amides is 1. The van der Waals surface area contributed by atoms with E-state index in [2.05, 4.69) is 64.8 Å². The molecule has 4 heteroatoms. The highest BCUT2D eigenvalue weighted by Crippen LogP contribution is 2.35. The van der Waals surface area contributed by atoms with Gasteiger partial charge in [0.05, 0.1) is 6.61 Å². The maximum atomic E-state index is 11.8. The Labute approximate surface area is 156 Å². The lowest BCUT2D eigenvalue weighted by molar-refractivity contribution is 0.131. The molecule has 0 aromatic heterocycles. The molecule has 1 heterocycles. The summed E-state index contributed by atoms with van der Waals surface area (Å²) in [4.78, 5) is 14.3. The zero-order valence-corrected chi connectivity index (χ0v) is 15.5. The molecule has 1 N–H and O–H groups in total. The van der Waals surface area contributed by atoms with Crippen molar-refractivity contribution in [1.82, 2.24) is 10.2 Å². The summed E-state index contributed by atoms with van der Waals surface area (Å²) < 4.78 is 5.05. The molecule has 0 aliphatic carbocycles. The van der Waals surface area contributed by atoms with E-state index < -0.39 is 0 Å². The van der Waals surface area contributed by atoms with Crippen LogP contribution >= 0.6 is 0 Å². The first-order chi connectivity index (χ1) is 12.7. The Morgan fingerprint density at radius 2 is 1.65 bits per heavy atom. The SMILES string of the molecule is CCOC(=O)NCC1(c2ccccc2)CCN(Cc2ccccc2)CC1. The van der Waals surface area contributed by atoms with Gasteiger partial charge in [-0.3, -0.25) is 4.90 Å². The minimum atomic E-state index is -0.325. The molecule has 4 nitrogen and oxygen atoms in total. The predicted molar refractivity (Wildman–Crippen MR) is 104 cm³/mol. The van der Waals surface area contributed by atoms with E-state index in [9.17, 15) is 4.79 Å². The molecule has 1 aliphatic heterocycles. The highest BCUT2D eigenvalue weighted by molar-refractivity contribution is 5.67. The van der Waals surface area contributed by atoms with Gasteiger partial charge in [0.15, 0.2) is 0 Å². The summed E-state index contributed by atoms with van der Waals surface area (Å²) in [6, 6.07) is 21.2. The van der Waals surface area contributed by atoms with Crippen LogP contribution in [0, 0.1) is 0 Å². The standard InChI is InChI=1S/C22H28N2O2/c1-2-26-21(25)23-18-22(20-11-7-4-8-12-20)13-15-24(16-14-22)17-19-9-5-3-6-10-19/h3-12H,2,13-18H2,1H3,(H,23,25). The second-order valence-corrected chi connectivity index (χ2v) is 6.98. The average Bonchev–Trinajstić information content (AvgIpc) is 2.69. The Morgan fingerprint density at radius 3 is 2.27 bits per heavy atom. The molecule has 0 radical (unpaired) electrons. The van der Waals surface area contributed by atoms with Gasteiger partial charge in [-0.05, 0) is 44.0 Å². The molecule has 0 spiro atoms. The van der Waals surface area contributed by atoms with E-state index in [1.54, 1.807) is 0 Å². The molecule has 26 heavy (non-hydrogen) atoms. The summed E-state index contributed by atoms with van der Waals surface area (Å²) in [5.41, 5.74) is 2.63. The van der Waals surface area contributed by atoms with Gasteiger partial charge in [-0.15, -0.1) is 0 Å². The molecule has 138 valence electrons. The van der Waals surface area contributed by atoms with Crippen LogP contribution in [0.2, 0.25) is 0 Å². The Kier molecular flexibility index (Phi) is 6.29. The molecule has 1 fully saturated rings. The number of carbonyl (C=O) groups excluding carboxylic acids is 1. The van der Waals surface area contributed by atoms with Crippen molar-refractivity contribution in [3.63, 3.8) is 0 Å². The predicted octanol–water partition coefficient (Wildman–Crippen LogP) is 3.97. The lowest BCUT2D eigenvalue weighted by Gasteiger charge is -2.42. The van der Waals surface area contributed by atoms with Crippen molar-refractivity contribution >= 4 is 6.09 Å². The van der Waals surface area contributed by atoms with Gasteiger partial charge in [0.1, 0.15) is 0 Å². The largest absolute Gasteiger partial charge is 0.450 e. The minimum Gasteiger partial charge on any atom is -0.450 e. The third kappa shape index (κ3) is 4.64. The van der Waals surface area contributed by atoms with Crippen LogP contribution in [-0.2, 0) is 16.7 Å². The number of piperidine rings is 1. The fourth-order valence-corrected chi connectivity index (χ4v) is 3.76. The van der Waals surface area contributed by atoms with Crippen molar-refractivity contribution in [2.45, 2.75) is 31.7 Å². The van der Waals surface area contributed by atoms with Crippen molar-refractivity contribution in [1.29, 1.82) is 0 Å². The summed E-state index contributed by atoms with van der Waals surface area (Å²) in [6.45, 7) is 5.87. The van der Waals surface area contributed by atoms with Crippen LogP contribution in [0.5, 0.6) is 0 Å². The number of benzene rings is 2. The first kappa shape index (κ1) is 18.5. The molecular weight excluding hydrogens is 324 g/mol. The van der Waals surface area contributed by atoms with E-state index in [0.29, 0.717) is 13.2 Å². The van der Waals surface area contributed by atoms with Crippen LogP contribution in [0.1, 0.15) is 30.9 Å². The van der Waals surface area contributed by atoms with Crippen LogP contribution in [0.4, 0.5) is 4.79 Å². The van der Waals surface area contributed by atoms with E-state index in [4.69, 9.17) is 4.74 Å². The molecule has 1 amide bonds. The Hall–Kier alpha value is -2.33. The zero-order valence-electron chi connectivity index (χ0n) is 15.5. The van der Waals surface area contributed by atoms with Crippen LogP contribution in [0.15, 0.2) is 60.7 Å². The number of alkyl carbamates (subject to hydrolysis) is 1. The van der Waals surface area contributed by atoms with Crippen LogP contribution in [0.3, 0.4) is 0 Å². The molecule has 2 aromatic carbocycles. The first-order valence-corrected chi connectivity index (χ1v) is 9.44. The van der Waals surface area contributed by atoms with Gasteiger partial charge in [0, 0.05) is 18.5 Å². The quantitative estimate of drug-likeness (QED) is 0.855. The van der Waals surface area contributed by atoms with Gasteiger partial charge < -0.3 is 10.1 Å². The Balaban J connectivity index is 1.67. The monoisotopic (exact) mass is 352 g/mol. The smallest absolute Gasteiger partial charge is 0.407 e. The van der Waals surface area contributed by atoms with Crippen LogP contribution in [-0.4, -0.2) is 37.2 Å². The van der Waals surface area contributed by atoms with Crippen molar-refractivity contribution in [3.8, 4) is 0 Å². The normalized spacial score (nSPS) is 16.8. The Morgan fingerprint density at radius 1 is 1.04 bits per heavy atom. The van der Waals surface area contributed by atoms with Crippen LogP contribution < -0.4 is 5.32 Å². The second kappa shape index (κ2) is 8.86. The number of nitrogens with zero attached hydrogens (tertiary/aromatic N) is 1. The van der Waals surface area contributed by atoms with Gasteiger partial charge in [0.25, 0.3) is 0 Å². The lowest BCUT2D eigenvalue weighted by Crippen LogP contribution is -2.48. The number of ether oxygens (including phenoxy) is 1.